The number of carbonyl (C=O) groups excluding carboxylic acids is 2. The van der Waals surface area contributed by atoms with Crippen molar-refractivity contribution in [2.75, 3.05) is 44.2 Å². The van der Waals surface area contributed by atoms with Gasteiger partial charge in [0.2, 0.25) is 11.8 Å². The summed E-state index contributed by atoms with van der Waals surface area (Å²) in [7, 11) is 0. The van der Waals surface area contributed by atoms with Gasteiger partial charge in [-0.05, 0) is 31.0 Å². The van der Waals surface area contributed by atoms with E-state index in [0.717, 1.165) is 29.4 Å². The van der Waals surface area contributed by atoms with E-state index in [9.17, 15) is 14.7 Å². The number of rotatable bonds is 5. The third kappa shape index (κ3) is 6.12. The number of carbonyl (C=O) groups is 2. The Kier molecular flexibility index (Phi) is 10.6. The minimum atomic E-state index is -1.21. The summed E-state index contributed by atoms with van der Waals surface area (Å²) in [4.78, 5) is 28.7. The van der Waals surface area contributed by atoms with Crippen LogP contribution >= 0.6 is 36.4 Å². The number of nitrogens with one attached hydrogen (secondary N) is 2. The largest absolute Gasteiger partial charge is 0.382 e. The van der Waals surface area contributed by atoms with Crippen LogP contribution in [0.25, 0.3) is 0 Å². The fraction of sp³-hybridized carbons (Fsp3) is 0.579. The van der Waals surface area contributed by atoms with Gasteiger partial charge in [-0.15, -0.1) is 24.8 Å². The van der Waals surface area contributed by atoms with Crippen molar-refractivity contribution in [1.29, 1.82) is 0 Å². The van der Waals surface area contributed by atoms with Crippen LogP contribution in [0.4, 0.5) is 5.69 Å². The monoisotopic (exact) mass is 481 g/mol. The van der Waals surface area contributed by atoms with Gasteiger partial charge in [-0.25, -0.2) is 0 Å². The molecule has 11 heteroatoms. The van der Waals surface area contributed by atoms with Gasteiger partial charge in [-0.1, -0.05) is 17.7 Å². The number of aliphatic hydroxyl groups excluding tert-OH is 1. The van der Waals surface area contributed by atoms with Crippen LogP contribution in [0.1, 0.15) is 12.0 Å². The summed E-state index contributed by atoms with van der Waals surface area (Å²) in [5, 5.41) is 16.1. The zero-order valence-corrected chi connectivity index (χ0v) is 19.2. The Balaban J connectivity index is 0.00000225. The second-order valence-corrected chi connectivity index (χ2v) is 7.76. The van der Waals surface area contributed by atoms with E-state index in [1.165, 1.54) is 0 Å². The van der Waals surface area contributed by atoms with Crippen molar-refractivity contribution >= 4 is 53.9 Å². The number of nitrogens with two attached hydrogens (primary N) is 1. The number of anilines is 1. The minimum absolute atomic E-state index is 0. The maximum absolute atomic E-state index is 12.8. The lowest BCUT2D eigenvalue weighted by Gasteiger charge is -2.38. The number of halogens is 3. The van der Waals surface area contributed by atoms with Crippen molar-refractivity contribution in [3.63, 3.8) is 0 Å². The molecule has 1 aromatic rings. The third-order valence-corrected chi connectivity index (χ3v) is 5.88. The van der Waals surface area contributed by atoms with Gasteiger partial charge in [0.1, 0.15) is 6.10 Å². The Bertz CT molecular complexity index is 731. The molecule has 170 valence electrons. The van der Waals surface area contributed by atoms with Crippen molar-refractivity contribution in [2.24, 2.45) is 5.73 Å². The number of benzene rings is 1. The first kappa shape index (κ1) is 26.7. The molecule has 2 heterocycles. The van der Waals surface area contributed by atoms with Gasteiger partial charge in [0, 0.05) is 56.0 Å². The summed E-state index contributed by atoms with van der Waals surface area (Å²) in [6.07, 6.45) is -0.701. The molecule has 8 nitrogen and oxygen atoms in total. The van der Waals surface area contributed by atoms with E-state index in [0.29, 0.717) is 26.1 Å². The van der Waals surface area contributed by atoms with Crippen LogP contribution in [-0.2, 0) is 9.59 Å². The predicted molar refractivity (Wildman–Crippen MR) is 123 cm³/mol. The average Bonchev–Trinajstić information content (AvgIpc) is 3.17. The summed E-state index contributed by atoms with van der Waals surface area (Å²) in [5.41, 5.74) is 7.46. The normalized spacial score (nSPS) is 22.0. The third-order valence-electron chi connectivity index (χ3n) is 5.47. The molecule has 3 atom stereocenters. The molecule has 2 amide bonds. The molecule has 30 heavy (non-hydrogen) atoms. The molecule has 3 rings (SSSR count). The van der Waals surface area contributed by atoms with E-state index in [2.05, 4.69) is 21.6 Å². The fourth-order valence-electron chi connectivity index (χ4n) is 3.76. The number of piperazine rings is 1. The average molecular weight is 483 g/mol. The van der Waals surface area contributed by atoms with E-state index < -0.39 is 12.0 Å². The lowest BCUT2D eigenvalue weighted by atomic mass is 10.1. The van der Waals surface area contributed by atoms with Gasteiger partial charge in [0.05, 0.1) is 6.04 Å². The highest BCUT2D eigenvalue weighted by Crippen LogP contribution is 2.27. The molecule has 0 bridgehead atoms. The van der Waals surface area contributed by atoms with Crippen LogP contribution in [0.3, 0.4) is 0 Å². The molecule has 0 unspecified atom stereocenters. The van der Waals surface area contributed by atoms with Crippen LogP contribution < -0.4 is 21.3 Å². The second kappa shape index (κ2) is 11.9. The Labute approximate surface area is 194 Å². The maximum atomic E-state index is 12.8. The number of aliphatic hydroxyl groups is 1. The summed E-state index contributed by atoms with van der Waals surface area (Å²) in [6, 6.07) is 5.38. The highest BCUT2D eigenvalue weighted by Gasteiger charge is 2.34. The van der Waals surface area contributed by atoms with Gasteiger partial charge >= 0.3 is 0 Å². The fourth-order valence-corrected chi connectivity index (χ4v) is 3.93. The SMILES string of the molecule is Cc1c(Cl)cccc1N1CCN(C(=O)[C@H]2C[C@H](NC(=O)[C@@H](O)CN)CN2)CC1.Cl.Cl. The van der Waals surface area contributed by atoms with Crippen LogP contribution in [0.15, 0.2) is 18.2 Å². The lowest BCUT2D eigenvalue weighted by molar-refractivity contribution is -0.133. The number of amides is 2. The van der Waals surface area contributed by atoms with Gasteiger partial charge in [0.25, 0.3) is 0 Å². The Morgan fingerprint density at radius 3 is 2.60 bits per heavy atom. The van der Waals surface area contributed by atoms with Crippen LogP contribution in [0, 0.1) is 6.92 Å². The van der Waals surface area contributed by atoms with E-state index >= 15 is 0 Å². The molecular formula is C19H30Cl3N5O3. The Morgan fingerprint density at radius 2 is 1.97 bits per heavy atom. The molecule has 0 aliphatic carbocycles. The molecule has 0 spiro atoms. The maximum Gasteiger partial charge on any atom is 0.250 e. The molecule has 0 radical (unpaired) electrons. The first-order valence-electron chi connectivity index (χ1n) is 9.61. The Hall–Kier alpha value is -1.29. The summed E-state index contributed by atoms with van der Waals surface area (Å²) >= 11 is 6.22. The van der Waals surface area contributed by atoms with Crippen molar-refractivity contribution < 1.29 is 14.7 Å². The second-order valence-electron chi connectivity index (χ2n) is 7.35. The van der Waals surface area contributed by atoms with Crippen molar-refractivity contribution in [1.82, 2.24) is 15.5 Å². The van der Waals surface area contributed by atoms with Gasteiger partial charge in [0.15, 0.2) is 0 Å². The molecule has 0 aromatic heterocycles. The zero-order valence-electron chi connectivity index (χ0n) is 16.8. The van der Waals surface area contributed by atoms with Crippen LogP contribution in [0.5, 0.6) is 0 Å². The lowest BCUT2D eigenvalue weighted by Crippen LogP contribution is -2.53. The number of nitrogens with zero attached hydrogens (tertiary/aromatic N) is 2. The molecule has 2 aliphatic heterocycles. The van der Waals surface area contributed by atoms with Crippen LogP contribution in [0.2, 0.25) is 5.02 Å². The first-order valence-corrected chi connectivity index (χ1v) is 9.99. The van der Waals surface area contributed by atoms with Gasteiger partial charge in [-0.2, -0.15) is 0 Å². The van der Waals surface area contributed by atoms with E-state index in [4.69, 9.17) is 17.3 Å². The minimum Gasteiger partial charge on any atom is -0.382 e. The summed E-state index contributed by atoms with van der Waals surface area (Å²) in [6.45, 7) is 5.18. The smallest absolute Gasteiger partial charge is 0.250 e. The van der Waals surface area contributed by atoms with Crippen molar-refractivity contribution in [2.45, 2.75) is 31.5 Å². The van der Waals surface area contributed by atoms with E-state index in [1.807, 2.05) is 24.0 Å². The molecule has 2 saturated heterocycles. The quantitative estimate of drug-likeness (QED) is 0.481. The number of hydrogen-bond donors (Lipinski definition) is 4. The summed E-state index contributed by atoms with van der Waals surface area (Å²) in [5.74, 6) is -0.438. The molecule has 2 fully saturated rings. The molecular weight excluding hydrogens is 453 g/mol. The molecule has 2 aliphatic rings. The summed E-state index contributed by atoms with van der Waals surface area (Å²) < 4.78 is 0. The highest BCUT2D eigenvalue weighted by molar-refractivity contribution is 6.31. The van der Waals surface area contributed by atoms with E-state index in [1.54, 1.807) is 0 Å². The predicted octanol–water partition coefficient (Wildman–Crippen LogP) is 0.307. The standard InChI is InChI=1S/C19H28ClN5O3.2ClH/c1-12-14(20)3-2-4-16(12)24-5-7-25(8-6-24)19(28)15-9-13(11-22-15)23-18(27)17(26)10-21;;/h2-4,13,15,17,22,26H,5-11,21H2,1H3,(H,23,27);2*1H/t13-,15+,17-;;/m0../s1. The van der Waals surface area contributed by atoms with Crippen molar-refractivity contribution in [3.05, 3.63) is 28.8 Å². The highest BCUT2D eigenvalue weighted by atomic mass is 35.5. The van der Waals surface area contributed by atoms with Crippen molar-refractivity contribution in [3.8, 4) is 0 Å². The van der Waals surface area contributed by atoms with Gasteiger partial charge in [-0.3, -0.25) is 9.59 Å². The van der Waals surface area contributed by atoms with E-state index in [-0.39, 0.29) is 49.3 Å². The Morgan fingerprint density at radius 1 is 1.30 bits per heavy atom. The first-order chi connectivity index (χ1) is 13.4. The van der Waals surface area contributed by atoms with Gasteiger partial charge < -0.3 is 31.3 Å². The molecule has 0 saturated carbocycles. The molecule has 5 N–H and O–H groups in total. The molecule has 1 aromatic carbocycles. The van der Waals surface area contributed by atoms with Crippen LogP contribution in [-0.4, -0.2) is 79.3 Å². The zero-order chi connectivity index (χ0) is 20.3. The number of hydrogen-bond acceptors (Lipinski definition) is 6. The topological polar surface area (TPSA) is 111 Å².